The van der Waals surface area contributed by atoms with E-state index in [2.05, 4.69) is 5.48 Å². The molecule has 3 heteroatoms. The van der Waals surface area contributed by atoms with E-state index < -0.39 is 0 Å². The van der Waals surface area contributed by atoms with Gasteiger partial charge in [0.25, 0.3) is 0 Å². The zero-order chi connectivity index (χ0) is 5.82. The van der Waals surface area contributed by atoms with Gasteiger partial charge in [-0.25, -0.2) is 5.48 Å². The van der Waals surface area contributed by atoms with E-state index >= 15 is 0 Å². The third-order valence-corrected chi connectivity index (χ3v) is 1.44. The predicted molar refractivity (Wildman–Crippen MR) is 31.1 cm³/mol. The molecule has 0 bridgehead atoms. The van der Waals surface area contributed by atoms with Crippen molar-refractivity contribution in [1.82, 2.24) is 5.48 Å². The number of rotatable bonds is 1. The van der Waals surface area contributed by atoms with Crippen LogP contribution in [0.2, 0.25) is 0 Å². The van der Waals surface area contributed by atoms with Gasteiger partial charge in [0.1, 0.15) is 0 Å². The molecule has 0 amide bonds. The van der Waals surface area contributed by atoms with Gasteiger partial charge in [0.2, 0.25) is 0 Å². The first-order chi connectivity index (χ1) is 3.93. The summed E-state index contributed by atoms with van der Waals surface area (Å²) in [6.07, 6.45) is 1.10. The summed E-state index contributed by atoms with van der Waals surface area (Å²) in [4.78, 5) is 4.90. The second-order valence-corrected chi connectivity index (χ2v) is 2.09. The fourth-order valence-electron chi connectivity index (χ4n) is 0.778. The van der Waals surface area contributed by atoms with Crippen molar-refractivity contribution < 1.29 is 4.84 Å². The second-order valence-electron chi connectivity index (χ2n) is 2.09. The number of nitrogens with two attached hydrogens (primary N) is 1. The molecule has 0 saturated carbocycles. The summed E-state index contributed by atoms with van der Waals surface area (Å²) in [5.74, 6) is 0.628. The van der Waals surface area contributed by atoms with Crippen molar-refractivity contribution in [2.24, 2.45) is 11.7 Å². The molecule has 1 aliphatic heterocycles. The Kier molecular flexibility index (Phi) is 2.27. The minimum atomic E-state index is 0.628. The maximum Gasteiger partial charge on any atom is 0.0685 e. The Labute approximate surface area is 49.2 Å². The van der Waals surface area contributed by atoms with Crippen LogP contribution in [0.3, 0.4) is 0 Å². The predicted octanol–water partition coefficient (Wildman–Crippen LogP) is -0.514. The Morgan fingerprint density at radius 1 is 1.75 bits per heavy atom. The highest BCUT2D eigenvalue weighted by atomic mass is 16.6. The van der Waals surface area contributed by atoms with Gasteiger partial charge in [-0.05, 0) is 18.9 Å². The molecule has 0 aromatic carbocycles. The molecule has 0 spiro atoms. The van der Waals surface area contributed by atoms with Crippen LogP contribution in [0.5, 0.6) is 0 Å². The maximum atomic E-state index is 5.41. The molecule has 1 rings (SSSR count). The Hall–Kier alpha value is -0.120. The Balaban J connectivity index is 2.13. The zero-order valence-electron chi connectivity index (χ0n) is 4.89. The third kappa shape index (κ3) is 1.43. The lowest BCUT2D eigenvalue weighted by Gasteiger charge is -2.20. The number of hydroxylamine groups is 1. The van der Waals surface area contributed by atoms with Gasteiger partial charge in [-0.2, -0.15) is 0 Å². The average Bonchev–Trinajstić information content (AvgIpc) is 1.90. The van der Waals surface area contributed by atoms with Crippen LogP contribution in [-0.4, -0.2) is 19.7 Å². The first-order valence-corrected chi connectivity index (χ1v) is 2.98. The Bertz CT molecular complexity index is 61.4. The van der Waals surface area contributed by atoms with Crippen molar-refractivity contribution in [3.63, 3.8) is 0 Å². The van der Waals surface area contributed by atoms with Crippen molar-refractivity contribution in [2.45, 2.75) is 6.42 Å². The standard InChI is InChI=1S/C5H12N2O/c6-3-5-1-2-8-7-4-5/h5,7H,1-4,6H2. The van der Waals surface area contributed by atoms with Gasteiger partial charge in [0.15, 0.2) is 0 Å². The lowest BCUT2D eigenvalue weighted by molar-refractivity contribution is -0.00810. The van der Waals surface area contributed by atoms with Crippen LogP contribution in [0.1, 0.15) is 6.42 Å². The van der Waals surface area contributed by atoms with Crippen LogP contribution in [-0.2, 0) is 4.84 Å². The van der Waals surface area contributed by atoms with Gasteiger partial charge >= 0.3 is 0 Å². The van der Waals surface area contributed by atoms with Crippen molar-refractivity contribution in [3.05, 3.63) is 0 Å². The molecule has 1 unspecified atom stereocenters. The van der Waals surface area contributed by atoms with Gasteiger partial charge in [0, 0.05) is 6.54 Å². The van der Waals surface area contributed by atoms with E-state index in [0.29, 0.717) is 5.92 Å². The highest BCUT2D eigenvalue weighted by Crippen LogP contribution is 2.02. The SMILES string of the molecule is NCC1CCONC1. The van der Waals surface area contributed by atoms with Crippen molar-refractivity contribution in [2.75, 3.05) is 19.7 Å². The lowest BCUT2D eigenvalue weighted by atomic mass is 10.1. The number of hydrogen-bond donors (Lipinski definition) is 2. The maximum absolute atomic E-state index is 5.41. The molecule has 3 nitrogen and oxygen atoms in total. The lowest BCUT2D eigenvalue weighted by Crippen LogP contribution is -2.34. The summed E-state index contributed by atoms with van der Waals surface area (Å²) in [7, 11) is 0. The topological polar surface area (TPSA) is 47.3 Å². The van der Waals surface area contributed by atoms with Crippen LogP contribution >= 0.6 is 0 Å². The van der Waals surface area contributed by atoms with Crippen molar-refractivity contribution >= 4 is 0 Å². The third-order valence-electron chi connectivity index (χ3n) is 1.44. The van der Waals surface area contributed by atoms with Crippen molar-refractivity contribution in [1.29, 1.82) is 0 Å². The fraction of sp³-hybridized carbons (Fsp3) is 1.00. The quantitative estimate of drug-likeness (QED) is 0.485. The van der Waals surface area contributed by atoms with E-state index in [-0.39, 0.29) is 0 Å². The second kappa shape index (κ2) is 3.02. The number of nitrogens with one attached hydrogen (secondary N) is 1. The van der Waals surface area contributed by atoms with E-state index in [4.69, 9.17) is 10.6 Å². The summed E-state index contributed by atoms with van der Waals surface area (Å²) in [5.41, 5.74) is 8.21. The normalized spacial score (nSPS) is 30.4. The van der Waals surface area contributed by atoms with Gasteiger partial charge in [0.05, 0.1) is 6.61 Å². The highest BCUT2D eigenvalue weighted by Gasteiger charge is 2.09. The number of hydrogen-bond acceptors (Lipinski definition) is 3. The molecular weight excluding hydrogens is 104 g/mol. The molecule has 0 aromatic heterocycles. The molecular formula is C5H12N2O. The average molecular weight is 116 g/mol. The monoisotopic (exact) mass is 116 g/mol. The highest BCUT2D eigenvalue weighted by molar-refractivity contribution is 4.62. The van der Waals surface area contributed by atoms with Crippen molar-refractivity contribution in [3.8, 4) is 0 Å². The summed E-state index contributed by atoms with van der Waals surface area (Å²) in [5, 5.41) is 0. The molecule has 1 aliphatic rings. The summed E-state index contributed by atoms with van der Waals surface area (Å²) < 4.78 is 0. The molecule has 0 radical (unpaired) electrons. The smallest absolute Gasteiger partial charge is 0.0685 e. The minimum Gasteiger partial charge on any atom is -0.330 e. The molecule has 48 valence electrons. The minimum absolute atomic E-state index is 0.628. The van der Waals surface area contributed by atoms with E-state index in [0.717, 1.165) is 26.1 Å². The molecule has 1 heterocycles. The van der Waals surface area contributed by atoms with E-state index in [1.54, 1.807) is 0 Å². The summed E-state index contributed by atoms with van der Waals surface area (Å²) in [6, 6.07) is 0. The molecule has 0 aromatic rings. The molecule has 1 atom stereocenters. The van der Waals surface area contributed by atoms with Crippen LogP contribution < -0.4 is 11.2 Å². The van der Waals surface area contributed by atoms with E-state index in [1.807, 2.05) is 0 Å². The molecule has 0 aliphatic carbocycles. The summed E-state index contributed by atoms with van der Waals surface area (Å²) in [6.45, 7) is 2.49. The Morgan fingerprint density at radius 3 is 3.00 bits per heavy atom. The van der Waals surface area contributed by atoms with Crippen LogP contribution in [0.4, 0.5) is 0 Å². The fourth-order valence-corrected chi connectivity index (χ4v) is 0.778. The summed E-state index contributed by atoms with van der Waals surface area (Å²) >= 11 is 0. The van der Waals surface area contributed by atoms with Gasteiger partial charge in [-0.3, -0.25) is 0 Å². The largest absolute Gasteiger partial charge is 0.330 e. The van der Waals surface area contributed by atoms with E-state index in [9.17, 15) is 0 Å². The first kappa shape index (κ1) is 6.01. The first-order valence-electron chi connectivity index (χ1n) is 2.98. The van der Waals surface area contributed by atoms with Crippen LogP contribution in [0.25, 0.3) is 0 Å². The van der Waals surface area contributed by atoms with Gasteiger partial charge < -0.3 is 10.6 Å². The zero-order valence-corrected chi connectivity index (χ0v) is 4.89. The van der Waals surface area contributed by atoms with Gasteiger partial charge in [-0.1, -0.05) is 0 Å². The van der Waals surface area contributed by atoms with Crippen LogP contribution in [0.15, 0.2) is 0 Å². The molecule has 3 N–H and O–H groups in total. The molecule has 8 heavy (non-hydrogen) atoms. The Morgan fingerprint density at radius 2 is 2.62 bits per heavy atom. The van der Waals surface area contributed by atoms with E-state index in [1.165, 1.54) is 0 Å². The molecule has 1 fully saturated rings. The van der Waals surface area contributed by atoms with Crippen LogP contribution in [0, 0.1) is 5.92 Å². The molecule has 1 saturated heterocycles. The van der Waals surface area contributed by atoms with Gasteiger partial charge in [-0.15, -0.1) is 0 Å².